The van der Waals surface area contributed by atoms with E-state index in [9.17, 15) is 13.2 Å². The molecule has 1 heterocycles. The van der Waals surface area contributed by atoms with Crippen molar-refractivity contribution in [2.75, 3.05) is 4.72 Å². The number of pyridine rings is 1. The van der Waals surface area contributed by atoms with Crippen molar-refractivity contribution in [3.05, 3.63) is 54.4 Å². The van der Waals surface area contributed by atoms with Gasteiger partial charge in [0.1, 0.15) is 0 Å². The summed E-state index contributed by atoms with van der Waals surface area (Å²) in [6.07, 6.45) is 9.88. The van der Waals surface area contributed by atoms with Crippen LogP contribution in [-0.2, 0) is 10.0 Å². The Morgan fingerprint density at radius 2 is 1.82 bits per heavy atom. The average Bonchev–Trinajstić information content (AvgIpc) is 3.13. The summed E-state index contributed by atoms with van der Waals surface area (Å²) in [5.41, 5.74) is 0.917. The Bertz CT molecular complexity index is 883. The second-order valence-electron chi connectivity index (χ2n) is 7.28. The van der Waals surface area contributed by atoms with E-state index in [4.69, 9.17) is 0 Å². The molecule has 1 saturated carbocycles. The minimum absolute atomic E-state index is 0.113. The van der Waals surface area contributed by atoms with Crippen molar-refractivity contribution in [1.82, 2.24) is 10.3 Å². The molecule has 2 atom stereocenters. The van der Waals surface area contributed by atoms with Crippen LogP contribution < -0.4 is 10.0 Å². The highest BCUT2D eigenvalue weighted by Crippen LogP contribution is 2.30. The Morgan fingerprint density at radius 1 is 1.11 bits per heavy atom. The number of hydrogen-bond donors (Lipinski definition) is 2. The van der Waals surface area contributed by atoms with E-state index in [1.165, 1.54) is 43.8 Å². The molecule has 1 amide bonds. The fourth-order valence-electron chi connectivity index (χ4n) is 3.71. The largest absolute Gasteiger partial charge is 0.349 e. The van der Waals surface area contributed by atoms with Crippen molar-refractivity contribution in [1.29, 1.82) is 0 Å². The van der Waals surface area contributed by atoms with Crippen molar-refractivity contribution in [3.63, 3.8) is 0 Å². The van der Waals surface area contributed by atoms with Crippen LogP contribution in [0, 0.1) is 5.92 Å². The normalized spacial score (nSPS) is 19.3. The molecule has 1 fully saturated rings. The maximum Gasteiger partial charge on any atom is 0.261 e. The third-order valence-corrected chi connectivity index (χ3v) is 6.66. The first-order valence-corrected chi connectivity index (χ1v) is 11.3. The van der Waals surface area contributed by atoms with Crippen molar-refractivity contribution in [3.8, 4) is 0 Å². The molecule has 0 saturated heterocycles. The highest BCUT2D eigenvalue weighted by Gasteiger charge is 2.28. The zero-order valence-corrected chi connectivity index (χ0v) is 16.9. The van der Waals surface area contributed by atoms with E-state index in [1.807, 2.05) is 0 Å². The number of aromatic nitrogens is 1. The van der Waals surface area contributed by atoms with Crippen LogP contribution in [0.25, 0.3) is 0 Å². The van der Waals surface area contributed by atoms with Gasteiger partial charge in [-0.3, -0.25) is 14.5 Å². The van der Waals surface area contributed by atoms with Crippen LogP contribution in [0.1, 0.15) is 55.8 Å². The molecular formula is C21H27N3O3S. The van der Waals surface area contributed by atoms with E-state index in [1.54, 1.807) is 24.3 Å². The SMILES string of the molecule is CCCCC1CCCC1NC(=O)c1ccc(S(=O)(=O)Nc2ccncc2)cc1. The van der Waals surface area contributed by atoms with Crippen LogP contribution in [-0.4, -0.2) is 25.4 Å². The van der Waals surface area contributed by atoms with Crippen molar-refractivity contribution >= 4 is 21.6 Å². The van der Waals surface area contributed by atoms with E-state index in [-0.39, 0.29) is 16.8 Å². The van der Waals surface area contributed by atoms with Crippen molar-refractivity contribution < 1.29 is 13.2 Å². The predicted molar refractivity (Wildman–Crippen MR) is 110 cm³/mol. The van der Waals surface area contributed by atoms with Gasteiger partial charge in [-0.1, -0.05) is 26.2 Å². The minimum Gasteiger partial charge on any atom is -0.349 e. The molecule has 3 rings (SSSR count). The number of anilines is 1. The molecule has 7 heteroatoms. The first-order valence-electron chi connectivity index (χ1n) is 9.83. The standard InChI is InChI=1S/C21H27N3O3S/c1-2-3-5-16-6-4-7-20(16)23-21(25)17-8-10-19(11-9-17)28(26,27)24-18-12-14-22-15-13-18/h8-16,20H,2-7H2,1H3,(H,22,24)(H,23,25). The lowest BCUT2D eigenvalue weighted by Gasteiger charge is -2.21. The maximum absolute atomic E-state index is 12.6. The monoisotopic (exact) mass is 401 g/mol. The number of nitrogens with zero attached hydrogens (tertiary/aromatic N) is 1. The molecule has 1 aromatic heterocycles. The first-order chi connectivity index (χ1) is 13.5. The van der Waals surface area contributed by atoms with Crippen LogP contribution in [0.2, 0.25) is 0 Å². The van der Waals surface area contributed by atoms with Crippen LogP contribution in [0.5, 0.6) is 0 Å². The van der Waals surface area contributed by atoms with Crippen LogP contribution in [0.4, 0.5) is 5.69 Å². The second-order valence-corrected chi connectivity index (χ2v) is 8.96. The maximum atomic E-state index is 12.6. The van der Waals surface area contributed by atoms with E-state index in [2.05, 4.69) is 21.9 Å². The number of nitrogens with one attached hydrogen (secondary N) is 2. The summed E-state index contributed by atoms with van der Waals surface area (Å²) in [5.74, 6) is 0.410. The Hall–Kier alpha value is -2.41. The molecule has 1 aliphatic carbocycles. The van der Waals surface area contributed by atoms with Crippen molar-refractivity contribution in [2.45, 2.75) is 56.4 Å². The third kappa shape index (κ3) is 5.10. The van der Waals surface area contributed by atoms with E-state index in [0.29, 0.717) is 17.2 Å². The molecule has 150 valence electrons. The Morgan fingerprint density at radius 3 is 2.50 bits per heavy atom. The molecule has 1 aliphatic rings. The summed E-state index contributed by atoms with van der Waals surface area (Å²) in [6, 6.07) is 9.42. The Labute approximate surface area is 166 Å². The van der Waals surface area contributed by atoms with Gasteiger partial charge in [-0.05, 0) is 61.6 Å². The molecule has 6 nitrogen and oxygen atoms in total. The second kappa shape index (κ2) is 9.19. The molecule has 28 heavy (non-hydrogen) atoms. The third-order valence-electron chi connectivity index (χ3n) is 5.26. The molecular weight excluding hydrogens is 374 g/mol. The van der Waals surface area contributed by atoms with Crippen LogP contribution in [0.15, 0.2) is 53.7 Å². The topological polar surface area (TPSA) is 88.2 Å². The lowest BCUT2D eigenvalue weighted by atomic mass is 9.96. The van der Waals surface area contributed by atoms with E-state index in [0.717, 1.165) is 19.3 Å². The molecule has 0 bridgehead atoms. The average molecular weight is 402 g/mol. The zero-order chi connectivity index (χ0) is 20.0. The summed E-state index contributed by atoms with van der Waals surface area (Å²) in [5, 5.41) is 3.14. The smallest absolute Gasteiger partial charge is 0.261 e. The molecule has 2 N–H and O–H groups in total. The van der Waals surface area contributed by atoms with Gasteiger partial charge in [-0.25, -0.2) is 8.42 Å². The minimum atomic E-state index is -3.71. The molecule has 0 spiro atoms. The summed E-state index contributed by atoms with van der Waals surface area (Å²) < 4.78 is 27.4. The quantitative estimate of drug-likeness (QED) is 0.700. The van der Waals surface area contributed by atoms with E-state index < -0.39 is 10.0 Å². The Kier molecular flexibility index (Phi) is 6.67. The van der Waals surface area contributed by atoms with Crippen molar-refractivity contribution in [2.24, 2.45) is 5.92 Å². The van der Waals surface area contributed by atoms with Gasteiger partial charge in [0.2, 0.25) is 0 Å². The van der Waals surface area contributed by atoms with E-state index >= 15 is 0 Å². The highest BCUT2D eigenvalue weighted by atomic mass is 32.2. The first kappa shape index (κ1) is 20.3. The van der Waals surface area contributed by atoms with Gasteiger partial charge >= 0.3 is 0 Å². The molecule has 0 radical (unpaired) electrons. The number of hydrogen-bond acceptors (Lipinski definition) is 4. The van der Waals surface area contributed by atoms with Gasteiger partial charge in [0.15, 0.2) is 0 Å². The Balaban J connectivity index is 1.64. The van der Waals surface area contributed by atoms with Crippen LogP contribution >= 0.6 is 0 Å². The number of amides is 1. The molecule has 1 aromatic carbocycles. The molecule has 0 aliphatic heterocycles. The van der Waals surface area contributed by atoms with Gasteiger partial charge in [-0.2, -0.15) is 0 Å². The number of sulfonamides is 1. The van der Waals surface area contributed by atoms with Gasteiger partial charge in [-0.15, -0.1) is 0 Å². The number of benzene rings is 1. The number of carbonyl (C=O) groups is 1. The summed E-state index contributed by atoms with van der Waals surface area (Å²) in [6.45, 7) is 2.18. The predicted octanol–water partition coefficient (Wildman–Crippen LogP) is 3.97. The summed E-state index contributed by atoms with van der Waals surface area (Å²) in [7, 11) is -3.71. The number of unbranched alkanes of at least 4 members (excludes halogenated alkanes) is 1. The molecule has 2 unspecified atom stereocenters. The summed E-state index contributed by atoms with van der Waals surface area (Å²) in [4.78, 5) is 16.6. The fourth-order valence-corrected chi connectivity index (χ4v) is 4.77. The lowest BCUT2D eigenvalue weighted by molar-refractivity contribution is 0.0926. The van der Waals surface area contributed by atoms with Gasteiger partial charge < -0.3 is 5.32 Å². The van der Waals surface area contributed by atoms with Gasteiger partial charge in [0.25, 0.3) is 15.9 Å². The van der Waals surface area contributed by atoms with Gasteiger partial charge in [0, 0.05) is 24.0 Å². The summed E-state index contributed by atoms with van der Waals surface area (Å²) >= 11 is 0. The lowest BCUT2D eigenvalue weighted by Crippen LogP contribution is -2.37. The number of rotatable bonds is 8. The van der Waals surface area contributed by atoms with Crippen LogP contribution in [0.3, 0.4) is 0 Å². The zero-order valence-electron chi connectivity index (χ0n) is 16.1. The number of carbonyl (C=O) groups excluding carboxylic acids is 1. The fraction of sp³-hybridized carbons (Fsp3) is 0.429. The van der Waals surface area contributed by atoms with Gasteiger partial charge in [0.05, 0.1) is 10.6 Å². The highest BCUT2D eigenvalue weighted by molar-refractivity contribution is 7.92. The molecule has 2 aromatic rings.